The third-order valence-electron chi connectivity index (χ3n) is 2.96. The first-order valence-corrected chi connectivity index (χ1v) is 6.63. The van der Waals surface area contributed by atoms with Crippen molar-refractivity contribution in [3.63, 3.8) is 0 Å². The van der Waals surface area contributed by atoms with Crippen molar-refractivity contribution in [1.82, 2.24) is 0 Å². The Kier molecular flexibility index (Phi) is 4.25. The van der Waals surface area contributed by atoms with E-state index in [1.54, 1.807) is 6.07 Å². The number of ether oxygens (including phenoxy) is 1. The van der Waals surface area contributed by atoms with E-state index in [1.807, 2.05) is 32.0 Å². The molecule has 4 nitrogen and oxygen atoms in total. The van der Waals surface area contributed by atoms with E-state index in [-0.39, 0.29) is 11.6 Å². The molecule has 2 aromatic rings. The second-order valence-electron chi connectivity index (χ2n) is 4.55. The van der Waals surface area contributed by atoms with Crippen LogP contribution in [0.4, 0.5) is 5.69 Å². The van der Waals surface area contributed by atoms with Gasteiger partial charge >= 0.3 is 0 Å². The van der Waals surface area contributed by atoms with Crippen LogP contribution in [0, 0.1) is 24.0 Å². The summed E-state index contributed by atoms with van der Waals surface area (Å²) in [5.74, 6) is 1.42. The third kappa shape index (κ3) is 3.08. The molecule has 0 aliphatic rings. The SMILES string of the molecule is Cc1ccc(C)c(Oc2ccc([N+](=O)[O-])cc2CCl)c1. The third-order valence-corrected chi connectivity index (χ3v) is 3.25. The Morgan fingerprint density at radius 2 is 1.90 bits per heavy atom. The lowest BCUT2D eigenvalue weighted by atomic mass is 10.1. The van der Waals surface area contributed by atoms with Gasteiger partial charge in [-0.3, -0.25) is 10.1 Å². The fraction of sp³-hybridized carbons (Fsp3) is 0.200. The van der Waals surface area contributed by atoms with E-state index in [0.29, 0.717) is 11.3 Å². The molecule has 0 spiro atoms. The van der Waals surface area contributed by atoms with E-state index in [0.717, 1.165) is 16.9 Å². The number of benzene rings is 2. The molecule has 0 saturated carbocycles. The van der Waals surface area contributed by atoms with Gasteiger partial charge in [-0.15, -0.1) is 11.6 Å². The maximum Gasteiger partial charge on any atom is 0.270 e. The number of rotatable bonds is 4. The standard InChI is InChI=1S/C15H14ClNO3/c1-10-3-4-11(2)15(7-10)20-14-6-5-13(17(18)19)8-12(14)9-16/h3-8H,9H2,1-2H3. The molecular formula is C15H14ClNO3. The smallest absolute Gasteiger partial charge is 0.270 e. The second-order valence-corrected chi connectivity index (χ2v) is 4.82. The van der Waals surface area contributed by atoms with Crippen LogP contribution in [0.5, 0.6) is 11.5 Å². The largest absolute Gasteiger partial charge is 0.457 e. The van der Waals surface area contributed by atoms with Gasteiger partial charge in [0, 0.05) is 17.7 Å². The summed E-state index contributed by atoms with van der Waals surface area (Å²) < 4.78 is 5.84. The minimum atomic E-state index is -0.447. The lowest BCUT2D eigenvalue weighted by Gasteiger charge is -2.12. The average molecular weight is 292 g/mol. The van der Waals surface area contributed by atoms with Crippen molar-refractivity contribution in [1.29, 1.82) is 0 Å². The van der Waals surface area contributed by atoms with Gasteiger partial charge in [0.1, 0.15) is 11.5 Å². The molecule has 0 heterocycles. The number of hydrogen-bond donors (Lipinski definition) is 0. The topological polar surface area (TPSA) is 52.4 Å². The van der Waals surface area contributed by atoms with Crippen molar-refractivity contribution in [2.75, 3.05) is 0 Å². The number of nitro benzene ring substituents is 1. The normalized spacial score (nSPS) is 10.3. The van der Waals surface area contributed by atoms with E-state index >= 15 is 0 Å². The summed E-state index contributed by atoms with van der Waals surface area (Å²) in [6, 6.07) is 10.3. The van der Waals surface area contributed by atoms with Crippen molar-refractivity contribution < 1.29 is 9.66 Å². The minimum Gasteiger partial charge on any atom is -0.457 e. The molecule has 0 saturated heterocycles. The van der Waals surface area contributed by atoms with Gasteiger partial charge in [0.2, 0.25) is 0 Å². The molecule has 2 rings (SSSR count). The van der Waals surface area contributed by atoms with Gasteiger partial charge in [-0.1, -0.05) is 12.1 Å². The van der Waals surface area contributed by atoms with Gasteiger partial charge in [-0.05, 0) is 37.1 Å². The first kappa shape index (κ1) is 14.3. The molecule has 0 radical (unpaired) electrons. The summed E-state index contributed by atoms with van der Waals surface area (Å²) in [6.07, 6.45) is 0. The number of aryl methyl sites for hydroxylation is 2. The zero-order valence-electron chi connectivity index (χ0n) is 11.2. The summed E-state index contributed by atoms with van der Waals surface area (Å²) >= 11 is 5.84. The zero-order chi connectivity index (χ0) is 14.7. The molecule has 0 aromatic heterocycles. The summed E-state index contributed by atoms with van der Waals surface area (Å²) in [5.41, 5.74) is 2.69. The molecule has 0 amide bonds. The van der Waals surface area contributed by atoms with Gasteiger partial charge in [0.25, 0.3) is 5.69 Å². The van der Waals surface area contributed by atoms with Crippen LogP contribution in [0.3, 0.4) is 0 Å². The lowest BCUT2D eigenvalue weighted by Crippen LogP contribution is -1.95. The van der Waals surface area contributed by atoms with Crippen molar-refractivity contribution in [2.24, 2.45) is 0 Å². The van der Waals surface area contributed by atoms with E-state index in [9.17, 15) is 10.1 Å². The molecule has 5 heteroatoms. The number of halogens is 1. The van der Waals surface area contributed by atoms with E-state index in [4.69, 9.17) is 16.3 Å². The van der Waals surface area contributed by atoms with Gasteiger partial charge in [0.05, 0.1) is 10.8 Å². The molecule has 0 bridgehead atoms. The van der Waals surface area contributed by atoms with Crippen LogP contribution in [0.2, 0.25) is 0 Å². The second kappa shape index (κ2) is 5.92. The zero-order valence-corrected chi connectivity index (χ0v) is 12.0. The van der Waals surface area contributed by atoms with Gasteiger partial charge < -0.3 is 4.74 Å². The fourth-order valence-corrected chi connectivity index (χ4v) is 2.03. The molecule has 0 atom stereocenters. The van der Waals surface area contributed by atoms with Crippen molar-refractivity contribution in [2.45, 2.75) is 19.7 Å². The van der Waals surface area contributed by atoms with Gasteiger partial charge in [0.15, 0.2) is 0 Å². The number of nitro groups is 1. The molecular weight excluding hydrogens is 278 g/mol. The first-order valence-electron chi connectivity index (χ1n) is 6.09. The van der Waals surface area contributed by atoms with Crippen molar-refractivity contribution in [3.05, 3.63) is 63.2 Å². The highest BCUT2D eigenvalue weighted by Gasteiger charge is 2.12. The fourth-order valence-electron chi connectivity index (χ4n) is 1.82. The molecule has 0 aliphatic heterocycles. The maximum atomic E-state index is 10.8. The minimum absolute atomic E-state index is 0.00830. The summed E-state index contributed by atoms with van der Waals surface area (Å²) in [5, 5.41) is 10.8. The number of alkyl halides is 1. The molecule has 0 fully saturated rings. The summed E-state index contributed by atoms with van der Waals surface area (Å²) in [6.45, 7) is 3.92. The van der Waals surface area contributed by atoms with E-state index in [2.05, 4.69) is 0 Å². The Hall–Kier alpha value is -2.07. The van der Waals surface area contributed by atoms with Crippen LogP contribution in [0.15, 0.2) is 36.4 Å². The molecule has 0 N–H and O–H groups in total. The van der Waals surface area contributed by atoms with Crippen LogP contribution in [0.1, 0.15) is 16.7 Å². The van der Waals surface area contributed by atoms with Crippen LogP contribution in [-0.2, 0) is 5.88 Å². The van der Waals surface area contributed by atoms with Crippen LogP contribution in [0.25, 0.3) is 0 Å². The number of hydrogen-bond acceptors (Lipinski definition) is 3. The predicted octanol–water partition coefficient (Wildman–Crippen LogP) is 4.74. The summed E-state index contributed by atoms with van der Waals surface area (Å²) in [7, 11) is 0. The Morgan fingerprint density at radius 1 is 1.15 bits per heavy atom. The molecule has 104 valence electrons. The Labute approximate surface area is 122 Å². The highest BCUT2D eigenvalue weighted by molar-refractivity contribution is 6.17. The lowest BCUT2D eigenvalue weighted by molar-refractivity contribution is -0.384. The molecule has 2 aromatic carbocycles. The molecule has 0 unspecified atom stereocenters. The molecule has 0 aliphatic carbocycles. The van der Waals surface area contributed by atoms with E-state index in [1.165, 1.54) is 12.1 Å². The van der Waals surface area contributed by atoms with Crippen molar-refractivity contribution in [3.8, 4) is 11.5 Å². The number of non-ortho nitro benzene ring substituents is 1. The highest BCUT2D eigenvalue weighted by atomic mass is 35.5. The van der Waals surface area contributed by atoms with Crippen LogP contribution < -0.4 is 4.74 Å². The Bertz CT molecular complexity index is 656. The van der Waals surface area contributed by atoms with Gasteiger partial charge in [-0.2, -0.15) is 0 Å². The number of nitrogens with zero attached hydrogens (tertiary/aromatic N) is 1. The maximum absolute atomic E-state index is 10.8. The van der Waals surface area contributed by atoms with Crippen molar-refractivity contribution >= 4 is 17.3 Å². The van der Waals surface area contributed by atoms with E-state index < -0.39 is 4.92 Å². The summed E-state index contributed by atoms with van der Waals surface area (Å²) in [4.78, 5) is 10.3. The quantitative estimate of drug-likeness (QED) is 0.464. The highest BCUT2D eigenvalue weighted by Crippen LogP contribution is 2.31. The van der Waals surface area contributed by atoms with Crippen LogP contribution in [-0.4, -0.2) is 4.92 Å². The Balaban J connectivity index is 2.38. The average Bonchev–Trinajstić information content (AvgIpc) is 2.43. The molecule has 20 heavy (non-hydrogen) atoms. The monoisotopic (exact) mass is 291 g/mol. The Morgan fingerprint density at radius 3 is 2.55 bits per heavy atom. The first-order chi connectivity index (χ1) is 9.51. The van der Waals surface area contributed by atoms with Gasteiger partial charge in [-0.25, -0.2) is 0 Å². The van der Waals surface area contributed by atoms with Crippen LogP contribution >= 0.6 is 11.6 Å². The predicted molar refractivity (Wildman–Crippen MR) is 78.6 cm³/mol.